The maximum atomic E-state index is 10.9. The first-order chi connectivity index (χ1) is 5.38. The molecule has 12 heavy (non-hydrogen) atoms. The number of quaternary nitrogens is 1. The third-order valence-corrected chi connectivity index (χ3v) is 2.24. The third kappa shape index (κ3) is 4.34. The van der Waals surface area contributed by atoms with Gasteiger partial charge in [-0.05, 0) is 6.92 Å². The van der Waals surface area contributed by atoms with Crippen LogP contribution in [0, 0.1) is 0 Å². The smallest absolute Gasteiger partial charge is 0.219 e. The molecule has 3 heteroatoms. The molecule has 0 saturated heterocycles. The van der Waals surface area contributed by atoms with Crippen LogP contribution in [0.3, 0.4) is 0 Å². The number of likely N-dealkylation sites (N-methyl/N-ethyl adjacent to an activating group) is 1. The fourth-order valence-corrected chi connectivity index (χ4v) is 0.660. The molecule has 0 saturated carbocycles. The van der Waals surface area contributed by atoms with Gasteiger partial charge in [0.15, 0.2) is 0 Å². The Morgan fingerprint density at radius 2 is 1.92 bits per heavy atom. The van der Waals surface area contributed by atoms with Gasteiger partial charge in [-0.25, -0.2) is 0 Å². The summed E-state index contributed by atoms with van der Waals surface area (Å²) in [5.74, 6) is 0.135. The van der Waals surface area contributed by atoms with Gasteiger partial charge in [0.05, 0.1) is 27.7 Å². The second kappa shape index (κ2) is 4.45. The monoisotopic (exact) mass is 173 g/mol. The van der Waals surface area contributed by atoms with Crippen LogP contribution in [-0.2, 0) is 4.79 Å². The molecule has 0 aliphatic rings. The van der Waals surface area contributed by atoms with Crippen molar-refractivity contribution in [3.63, 3.8) is 0 Å². The second-order valence-electron chi connectivity index (χ2n) is 4.12. The first-order valence-corrected chi connectivity index (χ1v) is 4.45. The van der Waals surface area contributed by atoms with Crippen molar-refractivity contribution in [1.29, 1.82) is 0 Å². The van der Waals surface area contributed by atoms with Crippen LogP contribution in [0.5, 0.6) is 0 Å². The van der Waals surface area contributed by atoms with Gasteiger partial charge in [-0.1, -0.05) is 6.92 Å². The van der Waals surface area contributed by atoms with E-state index in [0.29, 0.717) is 12.5 Å². The molecule has 0 aromatic carbocycles. The molecule has 0 aliphatic heterocycles. The van der Waals surface area contributed by atoms with Gasteiger partial charge in [0.1, 0.15) is 6.04 Å². The van der Waals surface area contributed by atoms with E-state index in [-0.39, 0.29) is 5.91 Å². The van der Waals surface area contributed by atoms with Crippen molar-refractivity contribution in [3.05, 3.63) is 0 Å². The predicted octanol–water partition coefficient (Wildman–Crippen LogP) is 0.607. The average Bonchev–Trinajstić information content (AvgIpc) is 1.97. The lowest BCUT2D eigenvalue weighted by Crippen LogP contribution is -2.49. The molecule has 0 bridgehead atoms. The van der Waals surface area contributed by atoms with Crippen molar-refractivity contribution in [2.45, 2.75) is 26.3 Å². The zero-order valence-electron chi connectivity index (χ0n) is 8.85. The Morgan fingerprint density at radius 3 is 2.25 bits per heavy atom. The molecule has 0 aromatic rings. The number of nitrogens with zero attached hydrogens (tertiary/aromatic N) is 1. The Balaban J connectivity index is 3.72. The topological polar surface area (TPSA) is 29.1 Å². The van der Waals surface area contributed by atoms with E-state index in [1.807, 2.05) is 6.92 Å². The molecule has 0 radical (unpaired) electrons. The number of amides is 1. The zero-order chi connectivity index (χ0) is 9.78. The van der Waals surface area contributed by atoms with E-state index in [2.05, 4.69) is 33.4 Å². The summed E-state index contributed by atoms with van der Waals surface area (Å²) in [7, 11) is 6.38. The normalized spacial score (nSPS) is 14.1. The van der Waals surface area contributed by atoms with E-state index >= 15 is 0 Å². The fraction of sp³-hybridized carbons (Fsp3) is 0.889. The molecule has 1 atom stereocenters. The van der Waals surface area contributed by atoms with Crippen LogP contribution in [0.25, 0.3) is 0 Å². The van der Waals surface area contributed by atoms with E-state index in [1.165, 1.54) is 0 Å². The van der Waals surface area contributed by atoms with E-state index in [1.54, 1.807) is 0 Å². The molecule has 0 heterocycles. The quantitative estimate of drug-likeness (QED) is 0.620. The highest BCUT2D eigenvalue weighted by atomic mass is 16.1. The van der Waals surface area contributed by atoms with E-state index < -0.39 is 0 Å². The van der Waals surface area contributed by atoms with Crippen molar-refractivity contribution >= 4 is 5.91 Å². The lowest BCUT2D eigenvalue weighted by atomic mass is 10.2. The number of hydrogen-bond donors (Lipinski definition) is 1. The van der Waals surface area contributed by atoms with Crippen molar-refractivity contribution in [2.24, 2.45) is 0 Å². The number of nitrogens with one attached hydrogen (secondary N) is 1. The van der Waals surface area contributed by atoms with Crippen molar-refractivity contribution in [1.82, 2.24) is 5.32 Å². The Bertz CT molecular complexity index is 149. The Labute approximate surface area is 75.3 Å². The van der Waals surface area contributed by atoms with Crippen molar-refractivity contribution in [2.75, 3.05) is 27.7 Å². The summed E-state index contributed by atoms with van der Waals surface area (Å²) in [5.41, 5.74) is 0. The van der Waals surface area contributed by atoms with Crippen LogP contribution >= 0.6 is 0 Å². The molecule has 1 N–H and O–H groups in total. The minimum Gasteiger partial charge on any atom is -0.350 e. The molecule has 72 valence electrons. The molecule has 0 aromatic heterocycles. The van der Waals surface area contributed by atoms with Gasteiger partial charge in [0.2, 0.25) is 5.91 Å². The average molecular weight is 173 g/mol. The highest BCUT2D eigenvalue weighted by Gasteiger charge is 2.17. The maximum Gasteiger partial charge on any atom is 0.219 e. The Morgan fingerprint density at radius 1 is 1.42 bits per heavy atom. The SMILES string of the molecule is CCC(=O)NCC(C)[N+](C)(C)C. The minimum atomic E-state index is 0.135. The summed E-state index contributed by atoms with van der Waals surface area (Å²) in [6.45, 7) is 4.76. The van der Waals surface area contributed by atoms with Gasteiger partial charge in [0.25, 0.3) is 0 Å². The molecular formula is C9H21N2O+. The zero-order valence-corrected chi connectivity index (χ0v) is 8.85. The van der Waals surface area contributed by atoms with Gasteiger partial charge < -0.3 is 9.80 Å². The second-order valence-corrected chi connectivity index (χ2v) is 4.12. The molecule has 0 rings (SSSR count). The molecule has 0 spiro atoms. The van der Waals surface area contributed by atoms with Gasteiger partial charge >= 0.3 is 0 Å². The van der Waals surface area contributed by atoms with E-state index in [0.717, 1.165) is 11.0 Å². The maximum absolute atomic E-state index is 10.9. The first-order valence-electron chi connectivity index (χ1n) is 4.45. The predicted molar refractivity (Wildman–Crippen MR) is 50.8 cm³/mol. The molecule has 0 fully saturated rings. The van der Waals surface area contributed by atoms with Crippen LogP contribution < -0.4 is 5.32 Å². The van der Waals surface area contributed by atoms with Gasteiger partial charge in [-0.2, -0.15) is 0 Å². The summed E-state index contributed by atoms with van der Waals surface area (Å²) >= 11 is 0. The molecular weight excluding hydrogens is 152 g/mol. The van der Waals surface area contributed by atoms with Crippen molar-refractivity contribution in [3.8, 4) is 0 Å². The van der Waals surface area contributed by atoms with Crippen LogP contribution in [0.15, 0.2) is 0 Å². The first kappa shape index (κ1) is 11.4. The molecule has 3 nitrogen and oxygen atoms in total. The van der Waals surface area contributed by atoms with Crippen LogP contribution in [0.1, 0.15) is 20.3 Å². The minimum absolute atomic E-state index is 0.135. The molecule has 1 unspecified atom stereocenters. The Hall–Kier alpha value is -0.570. The van der Waals surface area contributed by atoms with Crippen LogP contribution in [0.4, 0.5) is 0 Å². The lowest BCUT2D eigenvalue weighted by molar-refractivity contribution is -0.892. The van der Waals surface area contributed by atoms with Crippen LogP contribution in [-0.4, -0.2) is 44.1 Å². The summed E-state index contributed by atoms with van der Waals surface area (Å²) in [6, 6.07) is 0.459. The van der Waals surface area contributed by atoms with E-state index in [4.69, 9.17) is 0 Å². The largest absolute Gasteiger partial charge is 0.350 e. The lowest BCUT2D eigenvalue weighted by Gasteiger charge is -2.31. The number of carbonyl (C=O) groups excluding carboxylic acids is 1. The Kier molecular flexibility index (Phi) is 4.24. The van der Waals surface area contributed by atoms with Gasteiger partial charge in [0, 0.05) is 6.42 Å². The molecule has 1 amide bonds. The standard InChI is InChI=1S/C9H20N2O/c1-6-9(12)10-7-8(2)11(3,4)5/h8H,6-7H2,1-5H3/p+1. The summed E-state index contributed by atoms with van der Waals surface area (Å²) in [4.78, 5) is 10.9. The van der Waals surface area contributed by atoms with Gasteiger partial charge in [-0.3, -0.25) is 4.79 Å². The fourth-order valence-electron chi connectivity index (χ4n) is 0.660. The summed E-state index contributed by atoms with van der Waals surface area (Å²) in [6.07, 6.45) is 0.573. The van der Waals surface area contributed by atoms with Crippen LogP contribution in [0.2, 0.25) is 0 Å². The number of rotatable bonds is 4. The van der Waals surface area contributed by atoms with Crippen molar-refractivity contribution < 1.29 is 9.28 Å². The highest BCUT2D eigenvalue weighted by molar-refractivity contribution is 5.75. The number of hydrogen-bond acceptors (Lipinski definition) is 1. The highest BCUT2D eigenvalue weighted by Crippen LogP contribution is 1.99. The summed E-state index contributed by atoms with van der Waals surface area (Å²) in [5, 5.41) is 2.88. The van der Waals surface area contributed by atoms with E-state index in [9.17, 15) is 4.79 Å². The van der Waals surface area contributed by atoms with Gasteiger partial charge in [-0.15, -0.1) is 0 Å². The summed E-state index contributed by atoms with van der Waals surface area (Å²) < 4.78 is 0.879. The number of carbonyl (C=O) groups is 1. The molecule has 0 aliphatic carbocycles. The third-order valence-electron chi connectivity index (χ3n) is 2.24.